The summed E-state index contributed by atoms with van der Waals surface area (Å²) in [6.07, 6.45) is 0. The fourth-order valence-electron chi connectivity index (χ4n) is 2.19. The minimum Gasteiger partial charge on any atom is -0.376 e. The van der Waals surface area contributed by atoms with E-state index in [1.165, 1.54) is 23.3 Å². The Labute approximate surface area is 130 Å². The van der Waals surface area contributed by atoms with Gasteiger partial charge in [0.1, 0.15) is 5.82 Å². The molecule has 2 N–H and O–H groups in total. The van der Waals surface area contributed by atoms with Gasteiger partial charge in [-0.05, 0) is 55.7 Å². The van der Waals surface area contributed by atoms with Crippen LogP contribution in [-0.2, 0) is 4.79 Å². The van der Waals surface area contributed by atoms with E-state index in [1.807, 2.05) is 13.0 Å². The summed E-state index contributed by atoms with van der Waals surface area (Å²) in [7, 11) is 0. The molecule has 116 valence electrons. The van der Waals surface area contributed by atoms with Gasteiger partial charge in [-0.1, -0.05) is 24.3 Å². The number of anilines is 1. The molecular formula is C18H21FN2O. The van der Waals surface area contributed by atoms with Crippen molar-refractivity contribution in [1.82, 2.24) is 5.32 Å². The van der Waals surface area contributed by atoms with Crippen molar-refractivity contribution in [3.8, 4) is 0 Å². The molecule has 0 spiro atoms. The first-order valence-electron chi connectivity index (χ1n) is 7.31. The molecule has 2 rings (SSSR count). The molecule has 2 aromatic carbocycles. The molecule has 0 unspecified atom stereocenters. The van der Waals surface area contributed by atoms with E-state index in [2.05, 4.69) is 36.6 Å². The van der Waals surface area contributed by atoms with Crippen LogP contribution in [0.5, 0.6) is 0 Å². The van der Waals surface area contributed by atoms with E-state index in [0.29, 0.717) is 5.69 Å². The smallest absolute Gasteiger partial charge is 0.239 e. The molecule has 1 amide bonds. The van der Waals surface area contributed by atoms with Crippen LogP contribution in [0.25, 0.3) is 0 Å². The Morgan fingerprint density at radius 1 is 1.14 bits per heavy atom. The highest BCUT2D eigenvalue weighted by Crippen LogP contribution is 2.16. The maximum atomic E-state index is 13.1. The number of hydrogen-bond acceptors (Lipinski definition) is 2. The van der Waals surface area contributed by atoms with Gasteiger partial charge in [0.25, 0.3) is 0 Å². The molecule has 3 nitrogen and oxygen atoms in total. The van der Waals surface area contributed by atoms with Gasteiger partial charge in [0, 0.05) is 5.69 Å². The van der Waals surface area contributed by atoms with Gasteiger partial charge in [0.05, 0.1) is 12.6 Å². The third-order valence-electron chi connectivity index (χ3n) is 3.69. The number of rotatable bonds is 5. The van der Waals surface area contributed by atoms with Gasteiger partial charge in [-0.15, -0.1) is 0 Å². The zero-order valence-electron chi connectivity index (χ0n) is 13.1. The Hall–Kier alpha value is -2.36. The van der Waals surface area contributed by atoms with E-state index in [9.17, 15) is 9.18 Å². The van der Waals surface area contributed by atoms with Crippen LogP contribution < -0.4 is 10.6 Å². The average Bonchev–Trinajstić information content (AvgIpc) is 2.48. The molecule has 2 aromatic rings. The van der Waals surface area contributed by atoms with Crippen LogP contribution in [0.4, 0.5) is 10.1 Å². The van der Waals surface area contributed by atoms with Gasteiger partial charge in [0.2, 0.25) is 5.91 Å². The number of benzene rings is 2. The lowest BCUT2D eigenvalue weighted by molar-refractivity contribution is -0.120. The second-order valence-corrected chi connectivity index (χ2v) is 5.50. The Morgan fingerprint density at radius 3 is 2.59 bits per heavy atom. The summed E-state index contributed by atoms with van der Waals surface area (Å²) in [6, 6.07) is 12.1. The summed E-state index contributed by atoms with van der Waals surface area (Å²) in [5, 5.41) is 5.84. The van der Waals surface area contributed by atoms with Crippen molar-refractivity contribution in [3.05, 3.63) is 65.0 Å². The molecule has 0 radical (unpaired) electrons. The van der Waals surface area contributed by atoms with Gasteiger partial charge in [-0.25, -0.2) is 4.39 Å². The van der Waals surface area contributed by atoms with E-state index in [4.69, 9.17) is 0 Å². The molecule has 4 heteroatoms. The van der Waals surface area contributed by atoms with Crippen molar-refractivity contribution >= 4 is 11.6 Å². The molecule has 0 heterocycles. The number of carbonyl (C=O) groups is 1. The number of hydrogen-bond donors (Lipinski definition) is 2. The molecular weight excluding hydrogens is 279 g/mol. The largest absolute Gasteiger partial charge is 0.376 e. The van der Waals surface area contributed by atoms with Gasteiger partial charge < -0.3 is 10.6 Å². The SMILES string of the molecule is Cc1ccc([C@@H](C)NC(=O)CNc2cccc(F)c2)cc1C. The fourth-order valence-corrected chi connectivity index (χ4v) is 2.19. The average molecular weight is 300 g/mol. The first-order valence-corrected chi connectivity index (χ1v) is 7.31. The Bertz CT molecular complexity index is 670. The van der Waals surface area contributed by atoms with Crippen molar-refractivity contribution in [2.24, 2.45) is 0 Å². The molecule has 1 atom stereocenters. The number of carbonyl (C=O) groups excluding carboxylic acids is 1. The van der Waals surface area contributed by atoms with Crippen LogP contribution in [0.2, 0.25) is 0 Å². The lowest BCUT2D eigenvalue weighted by Crippen LogP contribution is -2.32. The van der Waals surface area contributed by atoms with Gasteiger partial charge in [-0.2, -0.15) is 0 Å². The summed E-state index contributed by atoms with van der Waals surface area (Å²) < 4.78 is 13.1. The molecule has 0 saturated carbocycles. The first-order chi connectivity index (χ1) is 10.5. The van der Waals surface area contributed by atoms with Crippen LogP contribution in [-0.4, -0.2) is 12.5 Å². The minimum atomic E-state index is -0.325. The Morgan fingerprint density at radius 2 is 1.91 bits per heavy atom. The van der Waals surface area contributed by atoms with Gasteiger partial charge >= 0.3 is 0 Å². The topological polar surface area (TPSA) is 41.1 Å². The molecule has 0 saturated heterocycles. The van der Waals surface area contributed by atoms with E-state index in [-0.39, 0.29) is 24.3 Å². The van der Waals surface area contributed by atoms with Crippen molar-refractivity contribution < 1.29 is 9.18 Å². The van der Waals surface area contributed by atoms with Crippen LogP contribution in [0.15, 0.2) is 42.5 Å². The van der Waals surface area contributed by atoms with Gasteiger partial charge in [0.15, 0.2) is 0 Å². The number of nitrogens with one attached hydrogen (secondary N) is 2. The molecule has 0 aromatic heterocycles. The van der Waals surface area contributed by atoms with E-state index >= 15 is 0 Å². The van der Waals surface area contributed by atoms with E-state index in [0.717, 1.165) is 5.56 Å². The molecule has 22 heavy (non-hydrogen) atoms. The summed E-state index contributed by atoms with van der Waals surface area (Å²) in [6.45, 7) is 6.17. The number of halogens is 1. The molecule has 0 bridgehead atoms. The van der Waals surface area contributed by atoms with E-state index < -0.39 is 0 Å². The predicted octanol–water partition coefficient (Wildman–Crippen LogP) is 3.73. The Balaban J connectivity index is 1.89. The Kier molecular flexibility index (Phi) is 5.15. The zero-order valence-corrected chi connectivity index (χ0v) is 13.1. The third-order valence-corrected chi connectivity index (χ3v) is 3.69. The van der Waals surface area contributed by atoms with Crippen LogP contribution in [0.1, 0.15) is 29.7 Å². The third kappa shape index (κ3) is 4.32. The van der Waals surface area contributed by atoms with Crippen LogP contribution in [0, 0.1) is 19.7 Å². The second kappa shape index (κ2) is 7.07. The lowest BCUT2D eigenvalue weighted by atomic mass is 10.0. The molecule has 0 fully saturated rings. The maximum Gasteiger partial charge on any atom is 0.239 e. The summed E-state index contributed by atoms with van der Waals surface area (Å²) >= 11 is 0. The number of aryl methyl sites for hydroxylation is 2. The van der Waals surface area contributed by atoms with Crippen LogP contribution >= 0.6 is 0 Å². The zero-order chi connectivity index (χ0) is 16.1. The quantitative estimate of drug-likeness (QED) is 0.883. The fraction of sp³-hybridized carbons (Fsp3) is 0.278. The maximum absolute atomic E-state index is 13.1. The van der Waals surface area contributed by atoms with E-state index in [1.54, 1.807) is 12.1 Å². The van der Waals surface area contributed by atoms with Crippen molar-refractivity contribution in [2.45, 2.75) is 26.8 Å². The highest BCUT2D eigenvalue weighted by molar-refractivity contribution is 5.81. The minimum absolute atomic E-state index is 0.0684. The highest BCUT2D eigenvalue weighted by Gasteiger charge is 2.10. The molecule has 0 aliphatic carbocycles. The predicted molar refractivity (Wildman–Crippen MR) is 87.4 cm³/mol. The molecule has 0 aliphatic rings. The van der Waals surface area contributed by atoms with Crippen molar-refractivity contribution in [2.75, 3.05) is 11.9 Å². The summed E-state index contributed by atoms with van der Waals surface area (Å²) in [5.41, 5.74) is 4.10. The van der Waals surface area contributed by atoms with Crippen molar-refractivity contribution in [3.63, 3.8) is 0 Å². The second-order valence-electron chi connectivity index (χ2n) is 5.50. The molecule has 0 aliphatic heterocycles. The normalized spacial score (nSPS) is 11.8. The lowest BCUT2D eigenvalue weighted by Gasteiger charge is -2.16. The summed E-state index contributed by atoms with van der Waals surface area (Å²) in [4.78, 5) is 12.0. The standard InChI is InChI=1S/C18H21FN2O/c1-12-7-8-15(9-13(12)2)14(3)21-18(22)11-20-17-6-4-5-16(19)10-17/h4-10,14,20H,11H2,1-3H3,(H,21,22)/t14-/m1/s1. The first kappa shape index (κ1) is 16.0. The monoisotopic (exact) mass is 300 g/mol. The van der Waals surface area contributed by atoms with Crippen molar-refractivity contribution in [1.29, 1.82) is 0 Å². The highest BCUT2D eigenvalue weighted by atomic mass is 19.1. The number of amides is 1. The van der Waals surface area contributed by atoms with Crippen LogP contribution in [0.3, 0.4) is 0 Å². The van der Waals surface area contributed by atoms with Gasteiger partial charge in [-0.3, -0.25) is 4.79 Å². The summed E-state index contributed by atoms with van der Waals surface area (Å²) in [5.74, 6) is -0.455.